The summed E-state index contributed by atoms with van der Waals surface area (Å²) < 4.78 is 0. The molecule has 0 radical (unpaired) electrons. The number of carboxylic acids is 1. The number of carbonyl (C=O) groups is 4. The van der Waals surface area contributed by atoms with Gasteiger partial charge in [0.25, 0.3) is 0 Å². The summed E-state index contributed by atoms with van der Waals surface area (Å²) in [5.74, 6) is -1.46. The number of allylic oxidation sites excluding steroid dienone is 1. The number of likely N-dealkylation sites (tertiary alicyclic amines) is 1. The summed E-state index contributed by atoms with van der Waals surface area (Å²) in [6.45, 7) is 10.6. The van der Waals surface area contributed by atoms with Gasteiger partial charge < -0.3 is 25.7 Å². The lowest BCUT2D eigenvalue weighted by atomic mass is 9.81. The zero-order chi connectivity index (χ0) is 35.5. The van der Waals surface area contributed by atoms with Crippen LogP contribution in [-0.4, -0.2) is 93.5 Å². The third kappa shape index (κ3) is 10.9. The van der Waals surface area contributed by atoms with Crippen LogP contribution in [0.2, 0.25) is 0 Å². The van der Waals surface area contributed by atoms with Gasteiger partial charge in [-0.15, -0.1) is 6.58 Å². The Kier molecular flexibility index (Phi) is 14.2. The van der Waals surface area contributed by atoms with Crippen molar-refractivity contribution < 1.29 is 29.4 Å². The lowest BCUT2D eigenvalue weighted by Crippen LogP contribution is -2.51. The SMILES string of the molecule is C=C[C@@H](C[C@H](O)[C@H](CC1CCCCC1)NC(=O)N1C=N[C@H]([C@H](C)NC(=O)C(CC(=O)N2CCCC2C(=O)O)Cc2ccccc2)C1)C(C)C. The number of aliphatic hydroxyl groups excluding tert-OH is 1. The molecule has 1 aromatic rings. The summed E-state index contributed by atoms with van der Waals surface area (Å²) in [4.78, 5) is 59.7. The molecule has 49 heavy (non-hydrogen) atoms. The highest BCUT2D eigenvalue weighted by atomic mass is 16.4. The van der Waals surface area contributed by atoms with E-state index in [0.29, 0.717) is 44.1 Å². The molecular weight excluding hydrogens is 622 g/mol. The number of aliphatic carboxylic acids is 1. The Morgan fingerprint density at radius 1 is 1.02 bits per heavy atom. The quantitative estimate of drug-likeness (QED) is 0.185. The molecule has 1 saturated carbocycles. The summed E-state index contributed by atoms with van der Waals surface area (Å²) >= 11 is 0. The normalized spacial score (nSPS) is 22.7. The molecule has 1 saturated heterocycles. The molecule has 2 heterocycles. The lowest BCUT2D eigenvalue weighted by molar-refractivity contribution is -0.149. The monoisotopic (exact) mass is 679 g/mol. The maximum atomic E-state index is 13.7. The number of rotatable bonds is 16. The Balaban J connectivity index is 1.37. The number of aliphatic hydroxyl groups is 1. The van der Waals surface area contributed by atoms with E-state index in [4.69, 9.17) is 0 Å². The second-order valence-electron chi connectivity index (χ2n) is 14.7. The fraction of sp³-hybridized carbons (Fsp3) is 0.658. The number of nitrogens with zero attached hydrogens (tertiary/aromatic N) is 3. The number of carbonyl (C=O) groups excluding carboxylic acids is 3. The Hall–Kier alpha value is -3.73. The van der Waals surface area contributed by atoms with E-state index in [1.54, 1.807) is 0 Å². The van der Waals surface area contributed by atoms with Crippen molar-refractivity contribution in [1.82, 2.24) is 20.4 Å². The molecule has 11 nitrogen and oxygen atoms in total. The molecule has 1 aliphatic carbocycles. The first-order valence-electron chi connectivity index (χ1n) is 18.2. The van der Waals surface area contributed by atoms with Crippen molar-refractivity contribution in [2.45, 2.75) is 122 Å². The molecule has 0 bridgehead atoms. The van der Waals surface area contributed by atoms with Crippen LogP contribution in [0.15, 0.2) is 48.0 Å². The number of carboxylic acid groups (broad SMARTS) is 1. The Morgan fingerprint density at radius 2 is 1.73 bits per heavy atom. The molecule has 2 aliphatic heterocycles. The maximum Gasteiger partial charge on any atom is 0.326 e. The standard InChI is InChI=1S/C38H57N5O6/c1-5-29(25(2)3)21-34(44)31(20-28-15-10-7-11-16-28)41-38(49)42-23-32(39-24-42)26(4)40-36(46)30(19-27-13-8-6-9-14-27)22-35(45)43-18-12-17-33(43)37(47)48/h5-6,8-9,13-14,24-26,28-34,44H,1,7,10-12,15-23H2,2-4H3,(H,40,46)(H,41,49)(H,47,48)/t26-,29-,30?,31-,32-,33?,34-/m0/s1. The highest BCUT2D eigenvalue weighted by Gasteiger charge is 2.37. The highest BCUT2D eigenvalue weighted by molar-refractivity contribution is 5.89. The second-order valence-corrected chi connectivity index (χ2v) is 14.7. The number of amides is 4. The van der Waals surface area contributed by atoms with Crippen LogP contribution in [0.4, 0.5) is 4.79 Å². The lowest BCUT2D eigenvalue weighted by Gasteiger charge is -2.33. The van der Waals surface area contributed by atoms with Gasteiger partial charge >= 0.3 is 12.0 Å². The molecule has 4 N–H and O–H groups in total. The van der Waals surface area contributed by atoms with Gasteiger partial charge in [0.15, 0.2) is 0 Å². The van der Waals surface area contributed by atoms with Crippen LogP contribution in [0, 0.1) is 23.7 Å². The third-order valence-electron chi connectivity index (χ3n) is 10.7. The number of hydrogen-bond acceptors (Lipinski definition) is 6. The highest BCUT2D eigenvalue weighted by Crippen LogP contribution is 2.30. The van der Waals surface area contributed by atoms with Crippen LogP contribution < -0.4 is 10.6 Å². The summed E-state index contributed by atoms with van der Waals surface area (Å²) in [7, 11) is 0. The number of urea groups is 1. The molecule has 2 unspecified atom stereocenters. The van der Waals surface area contributed by atoms with Gasteiger partial charge in [-0.3, -0.25) is 19.5 Å². The third-order valence-corrected chi connectivity index (χ3v) is 10.7. The van der Waals surface area contributed by atoms with Gasteiger partial charge in [0.05, 0.1) is 43.0 Å². The minimum Gasteiger partial charge on any atom is -0.480 e. The average molecular weight is 680 g/mol. The van der Waals surface area contributed by atoms with E-state index in [2.05, 4.69) is 36.1 Å². The van der Waals surface area contributed by atoms with Crippen molar-refractivity contribution in [3.05, 3.63) is 48.6 Å². The first-order chi connectivity index (χ1) is 23.5. The van der Waals surface area contributed by atoms with Crippen molar-refractivity contribution in [1.29, 1.82) is 0 Å². The van der Waals surface area contributed by atoms with E-state index < -0.39 is 42.2 Å². The summed E-state index contributed by atoms with van der Waals surface area (Å²) in [6.07, 6.45) is 11.0. The molecule has 4 rings (SSSR count). The van der Waals surface area contributed by atoms with E-state index in [1.807, 2.05) is 43.3 Å². The van der Waals surface area contributed by atoms with Crippen molar-refractivity contribution in [2.75, 3.05) is 13.1 Å². The molecule has 1 aromatic carbocycles. The first-order valence-corrected chi connectivity index (χ1v) is 18.2. The zero-order valence-electron chi connectivity index (χ0n) is 29.5. The predicted octanol–water partition coefficient (Wildman–Crippen LogP) is 4.79. The van der Waals surface area contributed by atoms with Crippen LogP contribution in [0.3, 0.4) is 0 Å². The van der Waals surface area contributed by atoms with E-state index >= 15 is 0 Å². The van der Waals surface area contributed by atoms with Crippen molar-refractivity contribution in [3.63, 3.8) is 0 Å². The van der Waals surface area contributed by atoms with Crippen molar-refractivity contribution in [3.8, 4) is 0 Å². The summed E-state index contributed by atoms with van der Waals surface area (Å²) in [5, 5.41) is 27.1. The minimum absolute atomic E-state index is 0.103. The maximum absolute atomic E-state index is 13.7. The van der Waals surface area contributed by atoms with Crippen molar-refractivity contribution in [2.24, 2.45) is 28.7 Å². The van der Waals surface area contributed by atoms with E-state index in [-0.39, 0.29) is 36.7 Å². The number of nitrogens with one attached hydrogen (secondary N) is 2. The summed E-state index contributed by atoms with van der Waals surface area (Å²) in [6, 6.07) is 7.04. The van der Waals surface area contributed by atoms with Gasteiger partial charge in [0, 0.05) is 13.0 Å². The Morgan fingerprint density at radius 3 is 2.39 bits per heavy atom. The fourth-order valence-electron chi connectivity index (χ4n) is 7.55. The summed E-state index contributed by atoms with van der Waals surface area (Å²) in [5.41, 5.74) is 0.902. The molecule has 270 valence electrons. The van der Waals surface area contributed by atoms with Crippen molar-refractivity contribution >= 4 is 30.2 Å². The van der Waals surface area contributed by atoms with Crippen LogP contribution in [0.5, 0.6) is 0 Å². The minimum atomic E-state index is -1.03. The van der Waals surface area contributed by atoms with Gasteiger partial charge in [0.2, 0.25) is 11.8 Å². The average Bonchev–Trinajstić information content (AvgIpc) is 3.79. The first kappa shape index (κ1) is 38.1. The smallest absolute Gasteiger partial charge is 0.326 e. The largest absolute Gasteiger partial charge is 0.480 e. The van der Waals surface area contributed by atoms with E-state index in [9.17, 15) is 29.4 Å². The number of aliphatic imine (C=N–C) groups is 1. The number of hydrogen-bond donors (Lipinski definition) is 4. The van der Waals surface area contributed by atoms with Gasteiger partial charge in [-0.1, -0.05) is 82.4 Å². The molecule has 4 amide bonds. The van der Waals surface area contributed by atoms with Crippen LogP contribution >= 0.6 is 0 Å². The van der Waals surface area contributed by atoms with Crippen LogP contribution in [-0.2, 0) is 20.8 Å². The Labute approximate surface area is 291 Å². The van der Waals surface area contributed by atoms with Gasteiger partial charge in [0.1, 0.15) is 6.04 Å². The number of benzene rings is 1. The van der Waals surface area contributed by atoms with E-state index in [0.717, 1.165) is 24.8 Å². The predicted molar refractivity (Wildman–Crippen MR) is 190 cm³/mol. The molecule has 2 fully saturated rings. The molecule has 11 heteroatoms. The van der Waals surface area contributed by atoms with Gasteiger partial charge in [-0.2, -0.15) is 0 Å². The van der Waals surface area contributed by atoms with Crippen LogP contribution in [0.1, 0.15) is 90.5 Å². The topological polar surface area (TPSA) is 152 Å². The van der Waals surface area contributed by atoms with E-state index in [1.165, 1.54) is 35.4 Å². The molecule has 0 spiro atoms. The second kappa shape index (κ2) is 18.3. The molecule has 3 aliphatic rings. The molecular formula is C38H57N5O6. The Bertz CT molecular complexity index is 1300. The van der Waals surface area contributed by atoms with Gasteiger partial charge in [-0.05, 0) is 62.3 Å². The molecule has 0 aromatic heterocycles. The molecule has 7 atom stereocenters. The van der Waals surface area contributed by atoms with Crippen LogP contribution in [0.25, 0.3) is 0 Å². The fourth-order valence-corrected chi connectivity index (χ4v) is 7.55. The zero-order valence-corrected chi connectivity index (χ0v) is 29.5. The van der Waals surface area contributed by atoms with Gasteiger partial charge in [-0.25, -0.2) is 9.59 Å².